The fraction of sp³-hybridized carbons (Fsp3) is 0.200. The highest BCUT2D eigenvalue weighted by molar-refractivity contribution is 6.09. The lowest BCUT2D eigenvalue weighted by atomic mass is 10.1. The molecular formula is C20H17FN2O3. The van der Waals surface area contributed by atoms with E-state index in [1.807, 2.05) is 12.1 Å². The second-order valence-electron chi connectivity index (χ2n) is 6.26. The molecule has 1 N–H and O–H groups in total. The molecule has 5 nitrogen and oxygen atoms in total. The number of methoxy groups -OCH3 is 1. The molecule has 2 aromatic carbocycles. The maximum absolute atomic E-state index is 13.7. The summed E-state index contributed by atoms with van der Waals surface area (Å²) in [5, 5.41) is 3.46. The van der Waals surface area contributed by atoms with Crippen LogP contribution in [-0.2, 0) is 17.7 Å². The van der Waals surface area contributed by atoms with Gasteiger partial charge in [-0.05, 0) is 35.9 Å². The number of fused-ring (bicyclic) bond motifs is 3. The summed E-state index contributed by atoms with van der Waals surface area (Å²) in [7, 11) is 1.35. The molecule has 0 aliphatic carbocycles. The lowest BCUT2D eigenvalue weighted by molar-refractivity contribution is 0.0600. The van der Waals surface area contributed by atoms with Crippen LogP contribution in [-0.4, -0.2) is 30.1 Å². The van der Waals surface area contributed by atoms with Crippen LogP contribution in [0.15, 0.2) is 42.5 Å². The third-order valence-corrected chi connectivity index (χ3v) is 4.72. The largest absolute Gasteiger partial charge is 0.465 e. The number of amides is 1. The van der Waals surface area contributed by atoms with E-state index in [-0.39, 0.29) is 17.7 Å². The highest BCUT2D eigenvalue weighted by atomic mass is 19.1. The molecule has 26 heavy (non-hydrogen) atoms. The van der Waals surface area contributed by atoms with Gasteiger partial charge in [0.1, 0.15) is 5.82 Å². The molecule has 0 unspecified atom stereocenters. The molecule has 2 heterocycles. The topological polar surface area (TPSA) is 60.3 Å². The number of carbonyl (C=O) groups is 2. The van der Waals surface area contributed by atoms with Crippen molar-refractivity contribution in [3.05, 3.63) is 70.7 Å². The fourth-order valence-electron chi connectivity index (χ4n) is 3.50. The molecule has 4 rings (SSSR count). The normalized spacial score (nSPS) is 13.4. The summed E-state index contributed by atoms with van der Waals surface area (Å²) in [6, 6.07) is 11.7. The first-order chi connectivity index (χ1) is 12.6. The summed E-state index contributed by atoms with van der Waals surface area (Å²) in [5.41, 5.74) is 3.75. The monoisotopic (exact) mass is 352 g/mol. The van der Waals surface area contributed by atoms with Crippen molar-refractivity contribution in [1.82, 2.24) is 9.88 Å². The summed E-state index contributed by atoms with van der Waals surface area (Å²) in [6.45, 7) is 1.10. The van der Waals surface area contributed by atoms with Gasteiger partial charge in [0.25, 0.3) is 5.91 Å². The highest BCUT2D eigenvalue weighted by Gasteiger charge is 2.26. The van der Waals surface area contributed by atoms with E-state index >= 15 is 0 Å². The summed E-state index contributed by atoms with van der Waals surface area (Å²) in [4.78, 5) is 23.9. The summed E-state index contributed by atoms with van der Waals surface area (Å²) in [6.07, 6.45) is 0.692. The Balaban J connectivity index is 1.79. The molecule has 0 saturated carbocycles. The molecule has 1 aromatic heterocycles. The van der Waals surface area contributed by atoms with E-state index in [2.05, 4.69) is 9.88 Å². The van der Waals surface area contributed by atoms with Gasteiger partial charge in [-0.3, -0.25) is 4.79 Å². The Bertz CT molecular complexity index is 1020. The van der Waals surface area contributed by atoms with Crippen molar-refractivity contribution < 1.29 is 18.7 Å². The third-order valence-electron chi connectivity index (χ3n) is 4.72. The minimum Gasteiger partial charge on any atom is -0.465 e. The van der Waals surface area contributed by atoms with Gasteiger partial charge in [0.15, 0.2) is 0 Å². The Morgan fingerprint density at radius 3 is 2.73 bits per heavy atom. The Labute approximate surface area is 149 Å². The molecule has 6 heteroatoms. The number of carbonyl (C=O) groups excluding carboxylic acids is 2. The molecule has 0 saturated heterocycles. The number of nitrogens with one attached hydrogen (secondary N) is 1. The number of ether oxygens (including phenoxy) is 1. The van der Waals surface area contributed by atoms with Crippen LogP contribution in [0.1, 0.15) is 32.0 Å². The first-order valence-electron chi connectivity index (χ1n) is 8.34. The van der Waals surface area contributed by atoms with Gasteiger partial charge >= 0.3 is 5.97 Å². The predicted octanol–water partition coefficient (Wildman–Crippen LogP) is 2.90. The zero-order valence-corrected chi connectivity index (χ0v) is 14.2. The van der Waals surface area contributed by atoms with E-state index in [1.165, 1.54) is 19.2 Å². The molecule has 0 bridgehead atoms. The molecule has 1 aliphatic heterocycles. The minimum atomic E-state index is -0.382. The zero-order chi connectivity index (χ0) is 18.3. The molecular weight excluding hydrogens is 335 g/mol. The molecule has 0 spiro atoms. The number of nitrogens with zero attached hydrogens (tertiary/aromatic N) is 1. The van der Waals surface area contributed by atoms with E-state index in [0.717, 1.165) is 16.8 Å². The van der Waals surface area contributed by atoms with Crippen LogP contribution in [0.25, 0.3) is 10.9 Å². The van der Waals surface area contributed by atoms with E-state index in [1.54, 1.807) is 18.2 Å². The first kappa shape index (κ1) is 16.3. The van der Waals surface area contributed by atoms with E-state index in [0.29, 0.717) is 36.0 Å². The summed E-state index contributed by atoms with van der Waals surface area (Å²) in [5.74, 6) is -0.910. The van der Waals surface area contributed by atoms with Gasteiger partial charge in [0.2, 0.25) is 0 Å². The third kappa shape index (κ3) is 2.63. The van der Waals surface area contributed by atoms with Crippen LogP contribution in [0.3, 0.4) is 0 Å². The van der Waals surface area contributed by atoms with E-state index < -0.39 is 0 Å². The quantitative estimate of drug-likeness (QED) is 0.738. The number of aromatic nitrogens is 1. The van der Waals surface area contributed by atoms with Gasteiger partial charge in [-0.1, -0.05) is 12.1 Å². The van der Waals surface area contributed by atoms with Crippen molar-refractivity contribution in [2.75, 3.05) is 13.7 Å². The number of halogens is 1. The molecule has 3 aromatic rings. The van der Waals surface area contributed by atoms with Crippen LogP contribution < -0.4 is 5.32 Å². The number of esters is 1. The Kier molecular flexibility index (Phi) is 3.95. The van der Waals surface area contributed by atoms with Crippen LogP contribution in [0.2, 0.25) is 0 Å². The Morgan fingerprint density at radius 2 is 2.00 bits per heavy atom. The number of hydrogen-bond acceptors (Lipinski definition) is 3. The van der Waals surface area contributed by atoms with Crippen molar-refractivity contribution in [3.8, 4) is 0 Å². The second kappa shape index (κ2) is 6.29. The molecule has 1 amide bonds. The molecule has 0 radical (unpaired) electrons. The van der Waals surface area contributed by atoms with Crippen LogP contribution >= 0.6 is 0 Å². The van der Waals surface area contributed by atoms with E-state index in [9.17, 15) is 14.0 Å². The SMILES string of the molecule is COC(=O)c1ccc(Cn2c3c(c4cc(F)ccc42)C(=O)NCC3)cc1. The van der Waals surface area contributed by atoms with E-state index in [4.69, 9.17) is 4.74 Å². The molecule has 132 valence electrons. The standard InChI is InChI=1S/C20H17FN2O3/c1-26-20(25)13-4-2-12(3-5-13)11-23-16-7-6-14(21)10-15(16)18-17(23)8-9-22-19(18)24/h2-7,10H,8-9,11H2,1H3,(H,22,24). The van der Waals surface area contributed by atoms with Crippen LogP contribution in [0, 0.1) is 5.82 Å². The molecule has 0 atom stereocenters. The summed E-state index contributed by atoms with van der Waals surface area (Å²) < 4.78 is 20.5. The van der Waals surface area contributed by atoms with Gasteiger partial charge in [0.05, 0.1) is 18.2 Å². The average molecular weight is 352 g/mol. The fourth-order valence-corrected chi connectivity index (χ4v) is 3.50. The average Bonchev–Trinajstić information content (AvgIpc) is 2.96. The number of hydrogen-bond donors (Lipinski definition) is 1. The Hall–Kier alpha value is -3.15. The van der Waals surface area contributed by atoms with Crippen molar-refractivity contribution in [2.45, 2.75) is 13.0 Å². The molecule has 1 aliphatic rings. The van der Waals surface area contributed by atoms with Crippen LogP contribution in [0.5, 0.6) is 0 Å². The predicted molar refractivity (Wildman–Crippen MR) is 94.8 cm³/mol. The Morgan fingerprint density at radius 1 is 1.23 bits per heavy atom. The number of benzene rings is 2. The lowest BCUT2D eigenvalue weighted by Crippen LogP contribution is -2.32. The van der Waals surface area contributed by atoms with Gasteiger partial charge in [-0.25, -0.2) is 9.18 Å². The van der Waals surface area contributed by atoms with Crippen molar-refractivity contribution in [1.29, 1.82) is 0 Å². The highest BCUT2D eigenvalue weighted by Crippen LogP contribution is 2.30. The van der Waals surface area contributed by atoms with Gasteiger partial charge in [0, 0.05) is 36.1 Å². The zero-order valence-electron chi connectivity index (χ0n) is 14.2. The van der Waals surface area contributed by atoms with Gasteiger partial charge in [-0.15, -0.1) is 0 Å². The van der Waals surface area contributed by atoms with Crippen molar-refractivity contribution in [3.63, 3.8) is 0 Å². The van der Waals surface area contributed by atoms with Crippen molar-refractivity contribution >= 4 is 22.8 Å². The smallest absolute Gasteiger partial charge is 0.337 e. The minimum absolute atomic E-state index is 0.165. The summed E-state index contributed by atoms with van der Waals surface area (Å²) >= 11 is 0. The van der Waals surface area contributed by atoms with Gasteiger partial charge < -0.3 is 14.6 Å². The van der Waals surface area contributed by atoms with Crippen molar-refractivity contribution in [2.24, 2.45) is 0 Å². The second-order valence-corrected chi connectivity index (χ2v) is 6.26. The molecule has 0 fully saturated rings. The van der Waals surface area contributed by atoms with Gasteiger partial charge in [-0.2, -0.15) is 0 Å². The lowest BCUT2D eigenvalue weighted by Gasteiger charge is -2.17. The maximum Gasteiger partial charge on any atom is 0.337 e. The first-order valence-corrected chi connectivity index (χ1v) is 8.34. The number of rotatable bonds is 3. The maximum atomic E-state index is 13.7. The van der Waals surface area contributed by atoms with Crippen LogP contribution in [0.4, 0.5) is 4.39 Å².